The summed E-state index contributed by atoms with van der Waals surface area (Å²) in [7, 11) is 0. The van der Waals surface area contributed by atoms with Gasteiger partial charge < -0.3 is 20.4 Å². The number of hydrogen-bond donors (Lipinski definition) is 3. The van der Waals surface area contributed by atoms with Crippen molar-refractivity contribution in [3.05, 3.63) is 30.3 Å². The Morgan fingerprint density at radius 3 is 2.00 bits per heavy atom. The van der Waals surface area contributed by atoms with Gasteiger partial charge in [0.1, 0.15) is 0 Å². The smallest absolute Gasteiger partial charge is 0.414 e. The number of hydrogen-bond acceptors (Lipinski definition) is 5. The molecule has 0 saturated carbocycles. The van der Waals surface area contributed by atoms with E-state index < -0.39 is 11.9 Å². The average molecular weight is 337 g/mol. The summed E-state index contributed by atoms with van der Waals surface area (Å²) >= 11 is 0. The first-order chi connectivity index (χ1) is 11.4. The number of carboxylic acids is 2. The number of rotatable bonds is 5. The largest absolute Gasteiger partial charge is 0.473 e. The van der Waals surface area contributed by atoms with Gasteiger partial charge in [-0.25, -0.2) is 9.59 Å². The second-order valence-electron chi connectivity index (χ2n) is 5.76. The van der Waals surface area contributed by atoms with Crippen molar-refractivity contribution < 1.29 is 19.8 Å². The molecule has 24 heavy (non-hydrogen) atoms. The fraction of sp³-hybridized carbons (Fsp3) is 0.529. The first kappa shape index (κ1) is 19.9. The Bertz CT molecular complexity index is 490. The Kier molecular flexibility index (Phi) is 8.81. The SMILES string of the molecule is CCN1CCN(CC(C)Nc2ccccc2)CC1.O=C(O)C(=O)O. The third-order valence-corrected chi connectivity index (χ3v) is 3.81. The molecule has 0 aliphatic carbocycles. The number of carbonyl (C=O) groups is 2. The lowest BCUT2D eigenvalue weighted by molar-refractivity contribution is -0.159. The number of nitrogens with one attached hydrogen (secondary N) is 1. The van der Waals surface area contributed by atoms with Crippen molar-refractivity contribution in [3.8, 4) is 0 Å². The zero-order valence-corrected chi connectivity index (χ0v) is 14.3. The highest BCUT2D eigenvalue weighted by atomic mass is 16.4. The van der Waals surface area contributed by atoms with Crippen LogP contribution in [-0.4, -0.2) is 77.3 Å². The van der Waals surface area contributed by atoms with E-state index in [1.807, 2.05) is 0 Å². The van der Waals surface area contributed by atoms with Crippen LogP contribution in [0.5, 0.6) is 0 Å². The van der Waals surface area contributed by atoms with Crippen molar-refractivity contribution in [2.75, 3.05) is 44.6 Å². The van der Waals surface area contributed by atoms with E-state index in [1.54, 1.807) is 0 Å². The fourth-order valence-corrected chi connectivity index (χ4v) is 2.54. The summed E-state index contributed by atoms with van der Waals surface area (Å²) in [4.78, 5) is 23.3. The number of piperazine rings is 1. The van der Waals surface area contributed by atoms with Gasteiger partial charge in [-0.05, 0) is 25.6 Å². The molecule has 0 spiro atoms. The van der Waals surface area contributed by atoms with Crippen LogP contribution in [0.25, 0.3) is 0 Å². The molecule has 1 fully saturated rings. The molecular weight excluding hydrogens is 310 g/mol. The number of benzene rings is 1. The molecule has 0 radical (unpaired) electrons. The van der Waals surface area contributed by atoms with Crippen LogP contribution in [0.4, 0.5) is 5.69 Å². The molecule has 7 nitrogen and oxygen atoms in total. The van der Waals surface area contributed by atoms with Crippen molar-refractivity contribution in [1.29, 1.82) is 0 Å². The van der Waals surface area contributed by atoms with Crippen molar-refractivity contribution in [3.63, 3.8) is 0 Å². The summed E-state index contributed by atoms with van der Waals surface area (Å²) in [5.74, 6) is -3.65. The second kappa shape index (κ2) is 10.6. The molecule has 1 aliphatic heterocycles. The minimum absolute atomic E-state index is 0.501. The van der Waals surface area contributed by atoms with Gasteiger partial charge in [0.2, 0.25) is 0 Å². The number of nitrogens with zero attached hydrogens (tertiary/aromatic N) is 2. The van der Waals surface area contributed by atoms with Gasteiger partial charge in [0.15, 0.2) is 0 Å². The van der Waals surface area contributed by atoms with E-state index in [-0.39, 0.29) is 0 Å². The highest BCUT2D eigenvalue weighted by molar-refractivity contribution is 6.27. The van der Waals surface area contributed by atoms with Gasteiger partial charge >= 0.3 is 11.9 Å². The van der Waals surface area contributed by atoms with Gasteiger partial charge in [-0.15, -0.1) is 0 Å². The number of anilines is 1. The van der Waals surface area contributed by atoms with E-state index in [2.05, 4.69) is 59.3 Å². The molecule has 7 heteroatoms. The maximum absolute atomic E-state index is 9.10. The molecule has 1 atom stereocenters. The maximum atomic E-state index is 9.10. The summed E-state index contributed by atoms with van der Waals surface area (Å²) in [5, 5.41) is 18.3. The number of aliphatic carboxylic acids is 2. The molecule has 0 aromatic heterocycles. The van der Waals surface area contributed by atoms with E-state index in [4.69, 9.17) is 19.8 Å². The molecular formula is C17H27N3O4. The topological polar surface area (TPSA) is 93.1 Å². The lowest BCUT2D eigenvalue weighted by Crippen LogP contribution is -2.48. The Morgan fingerprint density at radius 2 is 1.54 bits per heavy atom. The van der Waals surface area contributed by atoms with Crippen LogP contribution in [0.3, 0.4) is 0 Å². The van der Waals surface area contributed by atoms with Gasteiger partial charge in [-0.1, -0.05) is 25.1 Å². The van der Waals surface area contributed by atoms with Crippen LogP contribution in [0.15, 0.2) is 30.3 Å². The minimum atomic E-state index is -1.82. The van der Waals surface area contributed by atoms with Crippen molar-refractivity contribution in [2.24, 2.45) is 0 Å². The fourth-order valence-electron chi connectivity index (χ4n) is 2.54. The molecule has 0 amide bonds. The molecule has 134 valence electrons. The van der Waals surface area contributed by atoms with E-state index in [0.29, 0.717) is 6.04 Å². The summed E-state index contributed by atoms with van der Waals surface area (Å²) in [6, 6.07) is 11.0. The van der Waals surface area contributed by atoms with Crippen LogP contribution < -0.4 is 5.32 Å². The third-order valence-electron chi connectivity index (χ3n) is 3.81. The van der Waals surface area contributed by atoms with Crippen molar-refractivity contribution >= 4 is 17.6 Å². The molecule has 3 N–H and O–H groups in total. The van der Waals surface area contributed by atoms with Crippen molar-refractivity contribution in [2.45, 2.75) is 19.9 Å². The Morgan fingerprint density at radius 1 is 1.04 bits per heavy atom. The standard InChI is InChI=1S/C15H25N3.C2H2O4/c1-3-17-9-11-18(12-10-17)13-14(2)16-15-7-5-4-6-8-15;3-1(4)2(5)6/h4-8,14,16H,3,9-13H2,1-2H3;(H,3,4)(H,5,6). The van der Waals surface area contributed by atoms with Gasteiger partial charge in [0.05, 0.1) is 0 Å². The normalized spacial score (nSPS) is 16.6. The molecule has 1 unspecified atom stereocenters. The predicted octanol–water partition coefficient (Wildman–Crippen LogP) is 1.28. The molecule has 0 bridgehead atoms. The van der Waals surface area contributed by atoms with E-state index >= 15 is 0 Å². The first-order valence-corrected chi connectivity index (χ1v) is 8.14. The molecule has 1 heterocycles. The van der Waals surface area contributed by atoms with E-state index in [0.717, 1.165) is 6.54 Å². The molecule has 1 aliphatic rings. The Balaban J connectivity index is 0.000000413. The predicted molar refractivity (Wildman–Crippen MR) is 93.4 cm³/mol. The first-order valence-electron chi connectivity index (χ1n) is 8.14. The van der Waals surface area contributed by atoms with Crippen LogP contribution in [0.2, 0.25) is 0 Å². The highest BCUT2D eigenvalue weighted by Gasteiger charge is 2.17. The summed E-state index contributed by atoms with van der Waals surface area (Å²) in [5.41, 5.74) is 1.22. The van der Waals surface area contributed by atoms with Crippen LogP contribution >= 0.6 is 0 Å². The zero-order valence-electron chi connectivity index (χ0n) is 14.3. The molecule has 1 aromatic rings. The lowest BCUT2D eigenvalue weighted by atomic mass is 10.2. The van der Waals surface area contributed by atoms with E-state index in [1.165, 1.54) is 38.4 Å². The highest BCUT2D eigenvalue weighted by Crippen LogP contribution is 2.09. The third kappa shape index (κ3) is 7.94. The monoisotopic (exact) mass is 337 g/mol. The lowest BCUT2D eigenvalue weighted by Gasteiger charge is -2.35. The molecule has 1 saturated heterocycles. The van der Waals surface area contributed by atoms with Crippen LogP contribution in [-0.2, 0) is 9.59 Å². The number of para-hydroxylation sites is 1. The van der Waals surface area contributed by atoms with Gasteiger partial charge in [-0.2, -0.15) is 0 Å². The van der Waals surface area contributed by atoms with E-state index in [9.17, 15) is 0 Å². The second-order valence-corrected chi connectivity index (χ2v) is 5.76. The van der Waals surface area contributed by atoms with Gasteiger partial charge in [0.25, 0.3) is 0 Å². The van der Waals surface area contributed by atoms with Gasteiger partial charge in [-0.3, -0.25) is 4.90 Å². The Labute approximate surface area is 142 Å². The summed E-state index contributed by atoms with van der Waals surface area (Å²) in [6.07, 6.45) is 0. The van der Waals surface area contributed by atoms with Gasteiger partial charge in [0, 0.05) is 44.5 Å². The molecule has 2 rings (SSSR count). The van der Waals surface area contributed by atoms with Crippen molar-refractivity contribution in [1.82, 2.24) is 9.80 Å². The number of likely N-dealkylation sites (N-methyl/N-ethyl adjacent to an activating group) is 1. The summed E-state index contributed by atoms with van der Waals surface area (Å²) in [6.45, 7) is 11.7. The molecule has 1 aromatic carbocycles. The van der Waals surface area contributed by atoms with Crippen LogP contribution in [0.1, 0.15) is 13.8 Å². The number of carboxylic acid groups (broad SMARTS) is 2. The minimum Gasteiger partial charge on any atom is -0.473 e. The zero-order chi connectivity index (χ0) is 17.9. The maximum Gasteiger partial charge on any atom is 0.414 e. The average Bonchev–Trinajstić information content (AvgIpc) is 2.57. The van der Waals surface area contributed by atoms with Crippen LogP contribution in [0, 0.1) is 0 Å². The Hall–Kier alpha value is -2.12. The summed E-state index contributed by atoms with van der Waals surface area (Å²) < 4.78 is 0. The quantitative estimate of drug-likeness (QED) is 0.697.